The summed E-state index contributed by atoms with van der Waals surface area (Å²) < 4.78 is 58.9. The molecule has 1 saturated heterocycles. The first kappa shape index (κ1) is 43.0. The van der Waals surface area contributed by atoms with E-state index in [1.807, 2.05) is 0 Å². The van der Waals surface area contributed by atoms with Gasteiger partial charge < -0.3 is 57.4 Å². The molecule has 2 aliphatic rings. The topological polar surface area (TPSA) is 206 Å². The standard InChI is InChI=1S/C33H51N3O15/c1-8-10-42-12-14-44-16-17-45-15-13-43-11-9-34-30(38)47-19-18-46-28(26-21-48-32(40)50-26)27-22(2)24(20-25(49-27)29(37)41-7)35-23(3)36-31(39)51-33(4,5)6/h1,20,22,24,26-28H,9-19,21H2,2-7H3,(H,34,38)(H,35,36,39)/t22-,24+,26-,27-,28-/m1/s1. The van der Waals surface area contributed by atoms with Crippen molar-refractivity contribution in [1.29, 1.82) is 0 Å². The monoisotopic (exact) mass is 729 g/mol. The van der Waals surface area contributed by atoms with Gasteiger partial charge in [0, 0.05) is 12.5 Å². The zero-order chi connectivity index (χ0) is 37.6. The number of amidine groups is 1. The second-order valence-corrected chi connectivity index (χ2v) is 12.0. The molecule has 51 heavy (non-hydrogen) atoms. The maximum atomic E-state index is 12.6. The molecule has 2 aliphatic heterocycles. The van der Waals surface area contributed by atoms with Gasteiger partial charge in [-0.2, -0.15) is 0 Å². The smallest absolute Gasteiger partial charge is 0.480 e. The molecule has 2 amide bonds. The molecule has 5 atom stereocenters. The van der Waals surface area contributed by atoms with E-state index in [-0.39, 0.29) is 51.2 Å². The summed E-state index contributed by atoms with van der Waals surface area (Å²) in [6, 6.07) is -0.711. The average molecular weight is 730 g/mol. The van der Waals surface area contributed by atoms with Crippen LogP contribution in [0.15, 0.2) is 16.8 Å². The molecule has 2 heterocycles. The number of cyclic esters (lactones) is 2. The number of nitrogens with one attached hydrogen (secondary N) is 2. The molecule has 0 radical (unpaired) electrons. The molecule has 0 unspecified atom stereocenters. The van der Waals surface area contributed by atoms with Crippen LogP contribution in [0.3, 0.4) is 0 Å². The number of amides is 2. The Bertz CT molecular complexity index is 1210. The normalized spacial score (nSPS) is 20.8. The van der Waals surface area contributed by atoms with Crippen molar-refractivity contribution in [2.24, 2.45) is 10.9 Å². The predicted octanol–water partition coefficient (Wildman–Crippen LogP) is 1.74. The molecule has 0 aromatic heterocycles. The van der Waals surface area contributed by atoms with E-state index in [0.717, 1.165) is 0 Å². The highest BCUT2D eigenvalue weighted by Crippen LogP contribution is 2.32. The lowest BCUT2D eigenvalue weighted by Crippen LogP contribution is -2.51. The summed E-state index contributed by atoms with van der Waals surface area (Å²) >= 11 is 0. The number of nitrogens with zero attached hydrogens (tertiary/aromatic N) is 1. The van der Waals surface area contributed by atoms with Crippen molar-refractivity contribution in [2.45, 2.75) is 64.6 Å². The van der Waals surface area contributed by atoms with Gasteiger partial charge in [-0.05, 0) is 33.8 Å². The number of alkyl carbamates (subject to hydrolysis) is 2. The Morgan fingerprint density at radius 1 is 0.980 bits per heavy atom. The number of aliphatic imine (C=N–C) groups is 1. The summed E-state index contributed by atoms with van der Waals surface area (Å²) in [5, 5.41) is 5.13. The summed E-state index contributed by atoms with van der Waals surface area (Å²) in [6.45, 7) is 11.1. The average Bonchev–Trinajstić information content (AvgIpc) is 3.50. The summed E-state index contributed by atoms with van der Waals surface area (Å²) in [6.07, 6.45) is 1.41. The first-order valence-electron chi connectivity index (χ1n) is 16.5. The molecule has 288 valence electrons. The van der Waals surface area contributed by atoms with Gasteiger partial charge in [-0.3, -0.25) is 10.3 Å². The minimum atomic E-state index is -0.988. The number of hydrogen-bond donors (Lipinski definition) is 2. The molecule has 18 heteroatoms. The lowest BCUT2D eigenvalue weighted by atomic mass is 9.87. The van der Waals surface area contributed by atoms with Crippen molar-refractivity contribution < 1.29 is 71.3 Å². The number of rotatable bonds is 21. The first-order chi connectivity index (χ1) is 24.3. The fraction of sp³-hybridized carbons (Fsp3) is 0.727. The van der Waals surface area contributed by atoms with Crippen LogP contribution >= 0.6 is 0 Å². The molecule has 2 N–H and O–H groups in total. The molecule has 0 saturated carbocycles. The van der Waals surface area contributed by atoms with Crippen LogP contribution in [0.5, 0.6) is 0 Å². The Balaban J connectivity index is 1.85. The van der Waals surface area contributed by atoms with Crippen LogP contribution < -0.4 is 10.6 Å². The fourth-order valence-corrected chi connectivity index (χ4v) is 4.54. The van der Waals surface area contributed by atoms with Crippen molar-refractivity contribution in [3.8, 4) is 12.3 Å². The maximum absolute atomic E-state index is 12.6. The summed E-state index contributed by atoms with van der Waals surface area (Å²) in [4.78, 5) is 53.4. The number of hydrogen-bond acceptors (Lipinski definition) is 16. The van der Waals surface area contributed by atoms with Crippen molar-refractivity contribution in [3.05, 3.63) is 11.8 Å². The van der Waals surface area contributed by atoms with E-state index in [4.69, 9.17) is 58.5 Å². The van der Waals surface area contributed by atoms with Crippen molar-refractivity contribution in [1.82, 2.24) is 10.6 Å². The van der Waals surface area contributed by atoms with Gasteiger partial charge >= 0.3 is 24.3 Å². The fourth-order valence-electron chi connectivity index (χ4n) is 4.54. The van der Waals surface area contributed by atoms with E-state index in [0.29, 0.717) is 39.6 Å². The molecule has 0 aromatic rings. The van der Waals surface area contributed by atoms with Crippen molar-refractivity contribution in [2.75, 3.05) is 86.3 Å². The highest BCUT2D eigenvalue weighted by Gasteiger charge is 2.46. The van der Waals surface area contributed by atoms with Crippen LogP contribution in [0.2, 0.25) is 0 Å². The number of methoxy groups -OCH3 is 1. The van der Waals surface area contributed by atoms with Gasteiger partial charge in [-0.25, -0.2) is 19.2 Å². The van der Waals surface area contributed by atoms with Crippen LogP contribution in [-0.2, 0) is 56.9 Å². The largest absolute Gasteiger partial charge is 0.508 e. The third kappa shape index (κ3) is 17.6. The van der Waals surface area contributed by atoms with Crippen LogP contribution in [0, 0.1) is 18.3 Å². The number of terminal acetylenes is 1. The Hall–Kier alpha value is -4.15. The summed E-state index contributed by atoms with van der Waals surface area (Å²) in [5.41, 5.74) is -0.726. The number of carbonyl (C=O) groups is 4. The van der Waals surface area contributed by atoms with E-state index in [1.54, 1.807) is 34.6 Å². The van der Waals surface area contributed by atoms with E-state index < -0.39 is 60.2 Å². The third-order valence-electron chi connectivity index (χ3n) is 6.80. The van der Waals surface area contributed by atoms with Gasteiger partial charge in [0.2, 0.25) is 5.76 Å². The molecular weight excluding hydrogens is 678 g/mol. The highest BCUT2D eigenvalue weighted by atomic mass is 16.8. The van der Waals surface area contributed by atoms with Crippen LogP contribution in [-0.4, -0.2) is 146 Å². The number of ether oxygens (including phenoxy) is 11. The Morgan fingerprint density at radius 2 is 1.63 bits per heavy atom. The van der Waals surface area contributed by atoms with Crippen LogP contribution in [0.4, 0.5) is 14.4 Å². The summed E-state index contributed by atoms with van der Waals surface area (Å²) in [5.74, 6) is 1.16. The van der Waals surface area contributed by atoms with Gasteiger partial charge in [-0.15, -0.1) is 6.42 Å². The molecule has 18 nitrogen and oxygen atoms in total. The minimum Gasteiger partial charge on any atom is -0.480 e. The van der Waals surface area contributed by atoms with Gasteiger partial charge in [0.15, 0.2) is 6.10 Å². The van der Waals surface area contributed by atoms with Crippen LogP contribution in [0.25, 0.3) is 0 Å². The lowest BCUT2D eigenvalue weighted by Gasteiger charge is -2.38. The molecule has 0 aromatic carbocycles. The van der Waals surface area contributed by atoms with Gasteiger partial charge in [0.05, 0.1) is 66.0 Å². The zero-order valence-corrected chi connectivity index (χ0v) is 30.1. The van der Waals surface area contributed by atoms with Gasteiger partial charge in [0.1, 0.15) is 43.5 Å². The molecule has 0 spiro atoms. The highest BCUT2D eigenvalue weighted by molar-refractivity contribution is 5.94. The van der Waals surface area contributed by atoms with Crippen molar-refractivity contribution >= 4 is 30.1 Å². The van der Waals surface area contributed by atoms with E-state index in [1.165, 1.54) is 13.2 Å². The second kappa shape index (κ2) is 23.3. The summed E-state index contributed by atoms with van der Waals surface area (Å²) in [7, 11) is 1.19. The van der Waals surface area contributed by atoms with E-state index >= 15 is 0 Å². The Morgan fingerprint density at radius 3 is 2.22 bits per heavy atom. The molecule has 1 fully saturated rings. The SMILES string of the molecule is C#CCOCCOCCOCCOCCNC(=O)OCCO[C@@H]([C@@H]1OC(C(=O)OC)=C[C@H](N=C(C)NC(=O)OC(C)(C)C)[C@H]1C)[C@H]1COC(=O)O1. The molecule has 0 bridgehead atoms. The third-order valence-corrected chi connectivity index (χ3v) is 6.80. The van der Waals surface area contributed by atoms with Gasteiger partial charge in [-0.1, -0.05) is 12.8 Å². The zero-order valence-electron chi connectivity index (χ0n) is 30.1. The number of esters is 1. The Labute approximate surface area is 298 Å². The van der Waals surface area contributed by atoms with E-state index in [2.05, 4.69) is 21.5 Å². The molecular formula is C33H51N3O15. The Kier molecular flexibility index (Phi) is 19.7. The maximum Gasteiger partial charge on any atom is 0.508 e. The molecule has 2 rings (SSSR count). The molecule has 0 aliphatic carbocycles. The quantitative estimate of drug-likeness (QED) is 0.0431. The lowest BCUT2D eigenvalue weighted by molar-refractivity contribution is -0.153. The second-order valence-electron chi connectivity index (χ2n) is 12.0. The minimum absolute atomic E-state index is 0.126. The van der Waals surface area contributed by atoms with E-state index in [9.17, 15) is 19.2 Å². The van der Waals surface area contributed by atoms with Gasteiger partial charge in [0.25, 0.3) is 0 Å². The predicted molar refractivity (Wildman–Crippen MR) is 178 cm³/mol. The number of carbonyl (C=O) groups excluding carboxylic acids is 4. The first-order valence-corrected chi connectivity index (χ1v) is 16.5. The van der Waals surface area contributed by atoms with Crippen molar-refractivity contribution in [3.63, 3.8) is 0 Å². The van der Waals surface area contributed by atoms with Crippen LogP contribution in [0.1, 0.15) is 34.6 Å².